The van der Waals surface area contributed by atoms with Gasteiger partial charge in [-0.25, -0.2) is 4.90 Å². The van der Waals surface area contributed by atoms with E-state index in [1.165, 1.54) is 0 Å². The normalized spacial score (nSPS) is 14.5. The molecule has 1 aromatic rings. The lowest BCUT2D eigenvalue weighted by atomic mass is 10.3. The van der Waals surface area contributed by atoms with Gasteiger partial charge in [-0.3, -0.25) is 4.79 Å². The number of hydrogen-bond acceptors (Lipinski definition) is 5. The van der Waals surface area contributed by atoms with Crippen LogP contribution in [0.3, 0.4) is 0 Å². The van der Waals surface area contributed by atoms with Crippen molar-refractivity contribution >= 4 is 17.5 Å². The number of carbonyl (C=O) groups excluding carboxylic acids is 1. The number of halogens is 2. The van der Waals surface area contributed by atoms with Crippen molar-refractivity contribution in [1.29, 1.82) is 0 Å². The molecule has 1 aliphatic rings. The summed E-state index contributed by atoms with van der Waals surface area (Å²) in [6.07, 6.45) is 0. The summed E-state index contributed by atoms with van der Waals surface area (Å²) in [5, 5.41) is 10.5. The number of nitro groups is 1. The zero-order valence-electron chi connectivity index (χ0n) is 8.17. The summed E-state index contributed by atoms with van der Waals surface area (Å²) in [7, 11) is 0. The van der Waals surface area contributed by atoms with Crippen LogP contribution < -0.4 is 9.64 Å². The van der Waals surface area contributed by atoms with Crippen molar-refractivity contribution in [2.45, 2.75) is 6.55 Å². The fraction of sp³-hybridized carbons (Fsp3) is 0.250. The van der Waals surface area contributed by atoms with Gasteiger partial charge in [0.25, 0.3) is 11.7 Å². The standard InChI is InChI=1S/C8H5F2N3O4/c9-8(10)12-6(14)3-17-4-1-2-5(13(15)16)11-7(4)12/h1-2,8H,3H2. The van der Waals surface area contributed by atoms with Crippen LogP contribution in [0.15, 0.2) is 12.1 Å². The van der Waals surface area contributed by atoms with E-state index in [4.69, 9.17) is 4.74 Å². The molecule has 0 saturated carbocycles. The first-order chi connectivity index (χ1) is 8.00. The van der Waals surface area contributed by atoms with Crippen LogP contribution in [0.1, 0.15) is 0 Å². The predicted octanol–water partition coefficient (Wildman–Crippen LogP) is 0.938. The van der Waals surface area contributed by atoms with Crippen LogP contribution in [0.2, 0.25) is 0 Å². The molecule has 0 N–H and O–H groups in total. The van der Waals surface area contributed by atoms with E-state index in [0.29, 0.717) is 0 Å². The highest BCUT2D eigenvalue weighted by Crippen LogP contribution is 2.33. The van der Waals surface area contributed by atoms with E-state index in [9.17, 15) is 23.7 Å². The van der Waals surface area contributed by atoms with E-state index in [1.54, 1.807) is 0 Å². The number of amides is 1. The van der Waals surface area contributed by atoms with E-state index in [2.05, 4.69) is 4.98 Å². The summed E-state index contributed by atoms with van der Waals surface area (Å²) in [5.41, 5.74) is 0. The number of hydrogen-bond donors (Lipinski definition) is 0. The third-order valence-corrected chi connectivity index (χ3v) is 2.05. The van der Waals surface area contributed by atoms with Crippen molar-refractivity contribution in [3.05, 3.63) is 22.2 Å². The molecule has 0 aromatic carbocycles. The molecule has 0 spiro atoms. The molecule has 2 heterocycles. The summed E-state index contributed by atoms with van der Waals surface area (Å²) < 4.78 is 30.1. The number of fused-ring (bicyclic) bond motifs is 1. The van der Waals surface area contributed by atoms with Gasteiger partial charge in [0.15, 0.2) is 12.4 Å². The average molecular weight is 245 g/mol. The lowest BCUT2D eigenvalue weighted by molar-refractivity contribution is -0.389. The van der Waals surface area contributed by atoms with Crippen LogP contribution in [0, 0.1) is 10.1 Å². The summed E-state index contributed by atoms with van der Waals surface area (Å²) in [6.45, 7) is -3.67. The van der Waals surface area contributed by atoms with Crippen LogP contribution >= 0.6 is 0 Å². The number of ether oxygens (including phenoxy) is 1. The van der Waals surface area contributed by atoms with Crippen LogP contribution in [-0.4, -0.2) is 29.0 Å². The van der Waals surface area contributed by atoms with Gasteiger partial charge in [0.2, 0.25) is 0 Å². The zero-order valence-corrected chi connectivity index (χ0v) is 8.17. The molecule has 9 heteroatoms. The smallest absolute Gasteiger partial charge is 0.366 e. The Balaban J connectivity index is 2.52. The van der Waals surface area contributed by atoms with Crippen LogP contribution in [0.5, 0.6) is 5.75 Å². The molecule has 17 heavy (non-hydrogen) atoms. The highest BCUT2D eigenvalue weighted by atomic mass is 19.3. The molecule has 0 saturated heterocycles. The van der Waals surface area contributed by atoms with Gasteiger partial charge in [-0.1, -0.05) is 0 Å². The molecule has 0 fully saturated rings. The largest absolute Gasteiger partial charge is 0.477 e. The number of nitrogens with zero attached hydrogens (tertiary/aromatic N) is 3. The number of rotatable bonds is 2. The summed E-state index contributed by atoms with van der Waals surface area (Å²) in [5.74, 6) is -2.26. The van der Waals surface area contributed by atoms with E-state index in [1.807, 2.05) is 0 Å². The minimum absolute atomic E-state index is 0.0752. The molecule has 0 bridgehead atoms. The Morgan fingerprint density at radius 2 is 2.24 bits per heavy atom. The van der Waals surface area contributed by atoms with Crippen LogP contribution in [0.25, 0.3) is 0 Å². The van der Waals surface area contributed by atoms with Crippen molar-refractivity contribution in [2.24, 2.45) is 0 Å². The molecular weight excluding hydrogens is 240 g/mol. The summed E-state index contributed by atoms with van der Waals surface area (Å²) in [6, 6.07) is 2.14. The SMILES string of the molecule is O=C1COc2ccc([N+](=O)[O-])nc2N1C(F)F. The van der Waals surface area contributed by atoms with Crippen molar-refractivity contribution in [3.63, 3.8) is 0 Å². The first-order valence-corrected chi connectivity index (χ1v) is 4.39. The first-order valence-electron chi connectivity index (χ1n) is 4.39. The first kappa shape index (κ1) is 11.2. The van der Waals surface area contributed by atoms with Crippen molar-refractivity contribution in [3.8, 4) is 5.75 Å². The Hall–Kier alpha value is -2.32. The Kier molecular flexibility index (Phi) is 2.58. The maximum absolute atomic E-state index is 12.6. The third-order valence-electron chi connectivity index (χ3n) is 2.05. The van der Waals surface area contributed by atoms with Gasteiger partial charge in [0, 0.05) is 6.07 Å². The zero-order chi connectivity index (χ0) is 12.6. The fourth-order valence-electron chi connectivity index (χ4n) is 1.34. The van der Waals surface area contributed by atoms with Crippen LogP contribution in [0.4, 0.5) is 20.4 Å². The monoisotopic (exact) mass is 245 g/mol. The summed E-state index contributed by atoms with van der Waals surface area (Å²) in [4.78, 5) is 24.2. The Morgan fingerprint density at radius 1 is 1.53 bits per heavy atom. The topological polar surface area (TPSA) is 85.6 Å². The molecule has 1 aromatic heterocycles. The molecule has 7 nitrogen and oxygen atoms in total. The minimum atomic E-state index is -3.13. The molecule has 0 radical (unpaired) electrons. The fourth-order valence-corrected chi connectivity index (χ4v) is 1.34. The van der Waals surface area contributed by atoms with Gasteiger partial charge in [-0.05, 0) is 16.0 Å². The number of carbonyl (C=O) groups is 1. The Bertz CT molecular complexity index is 494. The van der Waals surface area contributed by atoms with Gasteiger partial charge in [0.05, 0.1) is 0 Å². The predicted molar refractivity (Wildman–Crippen MR) is 49.9 cm³/mol. The van der Waals surface area contributed by atoms with Gasteiger partial charge in [-0.15, -0.1) is 0 Å². The lowest BCUT2D eigenvalue weighted by Gasteiger charge is -2.24. The second-order valence-corrected chi connectivity index (χ2v) is 3.08. The van der Waals surface area contributed by atoms with Crippen molar-refractivity contribution in [2.75, 3.05) is 11.5 Å². The van der Waals surface area contributed by atoms with Crippen molar-refractivity contribution in [1.82, 2.24) is 4.98 Å². The van der Waals surface area contributed by atoms with Gasteiger partial charge < -0.3 is 14.9 Å². The highest BCUT2D eigenvalue weighted by Gasteiger charge is 2.37. The molecule has 0 unspecified atom stereocenters. The number of pyridine rings is 1. The lowest BCUT2D eigenvalue weighted by Crippen LogP contribution is -2.42. The molecular formula is C8H5F2N3O4. The van der Waals surface area contributed by atoms with E-state index in [-0.39, 0.29) is 10.6 Å². The van der Waals surface area contributed by atoms with Crippen molar-refractivity contribution < 1.29 is 23.2 Å². The maximum Gasteiger partial charge on any atom is 0.366 e. The number of aromatic nitrogens is 1. The number of anilines is 1. The van der Waals surface area contributed by atoms with Gasteiger partial charge in [-0.2, -0.15) is 8.78 Å². The van der Waals surface area contributed by atoms with E-state index < -0.39 is 35.6 Å². The van der Waals surface area contributed by atoms with E-state index >= 15 is 0 Å². The molecule has 1 amide bonds. The third kappa shape index (κ3) is 1.86. The van der Waals surface area contributed by atoms with Gasteiger partial charge >= 0.3 is 12.4 Å². The molecule has 90 valence electrons. The Morgan fingerprint density at radius 3 is 2.82 bits per heavy atom. The quantitative estimate of drug-likeness (QED) is 0.439. The second kappa shape index (κ2) is 3.92. The van der Waals surface area contributed by atoms with Crippen LogP contribution in [-0.2, 0) is 4.79 Å². The number of alkyl halides is 2. The Labute approximate surface area is 92.8 Å². The second-order valence-electron chi connectivity index (χ2n) is 3.08. The molecule has 0 aliphatic carbocycles. The maximum atomic E-state index is 12.6. The average Bonchev–Trinajstić information content (AvgIpc) is 2.27. The molecule has 0 atom stereocenters. The van der Waals surface area contributed by atoms with E-state index in [0.717, 1.165) is 12.1 Å². The minimum Gasteiger partial charge on any atom is -0.477 e. The molecule has 2 rings (SSSR count). The summed E-state index contributed by atoms with van der Waals surface area (Å²) >= 11 is 0. The highest BCUT2D eigenvalue weighted by molar-refractivity contribution is 5.96. The van der Waals surface area contributed by atoms with Gasteiger partial charge in [0.1, 0.15) is 0 Å². The molecule has 1 aliphatic heterocycles.